The number of nitrogens with zero attached hydrogens (tertiary/aromatic N) is 5. The average molecular weight is 463 g/mol. The first-order valence-electron chi connectivity index (χ1n) is 9.71. The van der Waals surface area contributed by atoms with Crippen molar-refractivity contribution in [3.63, 3.8) is 0 Å². The number of aryl methyl sites for hydroxylation is 1. The molecule has 1 aromatic carbocycles. The number of imidazole rings is 1. The molecule has 0 saturated heterocycles. The van der Waals surface area contributed by atoms with Crippen molar-refractivity contribution < 1.29 is 17.9 Å². The molecule has 0 amide bonds. The number of ether oxygens (including phenoxy) is 1. The van der Waals surface area contributed by atoms with E-state index in [-0.39, 0.29) is 28.4 Å². The summed E-state index contributed by atoms with van der Waals surface area (Å²) >= 11 is 6.61. The van der Waals surface area contributed by atoms with Gasteiger partial charge in [0.25, 0.3) is 0 Å². The largest absolute Gasteiger partial charge is 0.481 e. The van der Waals surface area contributed by atoms with Crippen LogP contribution >= 0.6 is 11.6 Å². The summed E-state index contributed by atoms with van der Waals surface area (Å²) in [5.74, 6) is 0.361. The topological polar surface area (TPSA) is 66.9 Å². The zero-order chi connectivity index (χ0) is 23.4. The van der Waals surface area contributed by atoms with Crippen LogP contribution in [0.15, 0.2) is 30.3 Å². The number of fused-ring (bicyclic) bond motifs is 1. The number of aromatic nitrogens is 5. The highest BCUT2D eigenvalue weighted by Crippen LogP contribution is 2.39. The van der Waals surface area contributed by atoms with Crippen molar-refractivity contribution in [3.05, 3.63) is 46.6 Å². The third-order valence-electron chi connectivity index (χ3n) is 5.00. The minimum Gasteiger partial charge on any atom is -0.481 e. The molecular weight excluding hydrogens is 443 g/mol. The molecule has 0 atom stereocenters. The van der Waals surface area contributed by atoms with Gasteiger partial charge in [0.2, 0.25) is 5.88 Å². The summed E-state index contributed by atoms with van der Waals surface area (Å²) in [6.07, 6.45) is -4.53. The Hall–Kier alpha value is -3.07. The van der Waals surface area contributed by atoms with Gasteiger partial charge >= 0.3 is 6.18 Å². The third kappa shape index (κ3) is 3.70. The van der Waals surface area contributed by atoms with Gasteiger partial charge in [-0.05, 0) is 23.5 Å². The smallest absolute Gasteiger partial charge is 0.417 e. The molecule has 32 heavy (non-hydrogen) atoms. The van der Waals surface area contributed by atoms with Crippen LogP contribution in [0.1, 0.15) is 32.0 Å². The summed E-state index contributed by atoms with van der Waals surface area (Å²) in [5, 5.41) is 4.93. The molecule has 0 fully saturated rings. The highest BCUT2D eigenvalue weighted by Gasteiger charge is 2.34. The van der Waals surface area contributed by atoms with Crippen molar-refractivity contribution in [1.82, 2.24) is 24.7 Å². The number of halogens is 4. The van der Waals surface area contributed by atoms with E-state index in [4.69, 9.17) is 16.3 Å². The molecule has 0 bridgehead atoms. The number of rotatable bonds is 3. The summed E-state index contributed by atoms with van der Waals surface area (Å²) in [6.45, 7) is 5.97. The Morgan fingerprint density at radius 2 is 1.78 bits per heavy atom. The lowest BCUT2D eigenvalue weighted by molar-refractivity contribution is -0.137. The molecule has 3 heterocycles. The standard InChI is InChI=1S/C22H20ClF3N5O/c1-21(2,3)18-15(23)17(31(4)30-18)19-27-14-10-13(28-20(32-5)16(14)29-19)11-8-6-7-9-12(11)22(24,25)26/h6-10H,1-5H3/q-1. The predicted molar refractivity (Wildman–Crippen MR) is 116 cm³/mol. The van der Waals surface area contributed by atoms with Crippen LogP contribution < -0.4 is 9.72 Å². The molecule has 6 nitrogen and oxygen atoms in total. The van der Waals surface area contributed by atoms with E-state index in [2.05, 4.69) is 20.1 Å². The van der Waals surface area contributed by atoms with Gasteiger partial charge in [0.1, 0.15) is 0 Å². The van der Waals surface area contributed by atoms with Crippen molar-refractivity contribution in [2.45, 2.75) is 32.4 Å². The van der Waals surface area contributed by atoms with E-state index < -0.39 is 11.7 Å². The molecule has 0 unspecified atom stereocenters. The molecule has 0 aliphatic carbocycles. The molecule has 0 aliphatic rings. The molecule has 0 N–H and O–H groups in total. The molecule has 4 aromatic rings. The summed E-state index contributed by atoms with van der Waals surface area (Å²) in [5.41, 5.74) is 0.783. The minimum absolute atomic E-state index is 0.0710. The van der Waals surface area contributed by atoms with Crippen LogP contribution in [0.25, 0.3) is 33.8 Å². The maximum absolute atomic E-state index is 13.5. The molecular formula is C22H20ClF3N5O-. The van der Waals surface area contributed by atoms with Gasteiger partial charge in [-0.2, -0.15) is 18.3 Å². The summed E-state index contributed by atoms with van der Waals surface area (Å²) in [6, 6.07) is 6.70. The second-order valence-corrected chi connectivity index (χ2v) is 8.74. The monoisotopic (exact) mass is 462 g/mol. The van der Waals surface area contributed by atoms with Gasteiger partial charge in [-0.1, -0.05) is 50.6 Å². The molecule has 4 rings (SSSR count). The Balaban J connectivity index is 1.92. The Bertz CT molecular complexity index is 1320. The zero-order valence-electron chi connectivity index (χ0n) is 18.0. The first kappa shape index (κ1) is 22.1. The van der Waals surface area contributed by atoms with Crippen LogP contribution in [0, 0.1) is 0 Å². The zero-order valence-corrected chi connectivity index (χ0v) is 18.8. The summed E-state index contributed by atoms with van der Waals surface area (Å²) < 4.78 is 47.5. The fraction of sp³-hybridized carbons (Fsp3) is 0.318. The molecule has 0 aliphatic heterocycles. The van der Waals surface area contributed by atoms with Crippen LogP contribution in [-0.4, -0.2) is 26.9 Å². The average Bonchev–Trinajstić information content (AvgIpc) is 3.26. The predicted octanol–water partition coefficient (Wildman–Crippen LogP) is 5.63. The van der Waals surface area contributed by atoms with E-state index in [0.717, 1.165) is 6.07 Å². The Labute approximate surface area is 187 Å². The third-order valence-corrected chi connectivity index (χ3v) is 5.36. The van der Waals surface area contributed by atoms with Crippen molar-refractivity contribution in [2.75, 3.05) is 7.11 Å². The van der Waals surface area contributed by atoms with Crippen LogP contribution in [0.4, 0.5) is 13.2 Å². The number of alkyl halides is 3. The highest BCUT2D eigenvalue weighted by molar-refractivity contribution is 6.33. The second kappa shape index (κ2) is 7.51. The normalized spacial score (nSPS) is 12.5. The molecule has 168 valence electrons. The van der Waals surface area contributed by atoms with Crippen LogP contribution in [-0.2, 0) is 18.6 Å². The van der Waals surface area contributed by atoms with E-state index in [1.165, 1.54) is 31.4 Å². The Morgan fingerprint density at radius 1 is 1.09 bits per heavy atom. The summed E-state index contributed by atoms with van der Waals surface area (Å²) in [7, 11) is 3.11. The van der Waals surface area contributed by atoms with Crippen LogP contribution in [0.3, 0.4) is 0 Å². The fourth-order valence-corrected chi connectivity index (χ4v) is 4.03. The Kier molecular flexibility index (Phi) is 5.20. The molecule has 0 saturated carbocycles. The van der Waals surface area contributed by atoms with Crippen molar-refractivity contribution >= 4 is 22.6 Å². The number of methoxy groups -OCH3 is 1. The van der Waals surface area contributed by atoms with Crippen molar-refractivity contribution in [2.24, 2.45) is 7.05 Å². The fourth-order valence-electron chi connectivity index (χ4n) is 3.50. The SMILES string of the molecule is COc1nc(-c2ccccc2C(F)(F)F)cc2nc(-c3c(Cl)c(C(C)(C)C)nn3C)[n-]c12. The van der Waals surface area contributed by atoms with Crippen molar-refractivity contribution in [3.8, 4) is 28.7 Å². The van der Waals surface area contributed by atoms with Gasteiger partial charge in [-0.3, -0.25) is 4.68 Å². The number of pyridine rings is 1. The number of hydrogen-bond donors (Lipinski definition) is 0. The van der Waals surface area contributed by atoms with Crippen LogP contribution in [0.2, 0.25) is 5.02 Å². The van der Waals surface area contributed by atoms with Gasteiger partial charge in [0, 0.05) is 23.5 Å². The molecule has 0 radical (unpaired) electrons. The van der Waals surface area contributed by atoms with Gasteiger partial charge < -0.3 is 14.7 Å². The molecule has 10 heteroatoms. The first-order valence-corrected chi connectivity index (χ1v) is 10.1. The van der Waals surface area contributed by atoms with E-state index >= 15 is 0 Å². The van der Waals surface area contributed by atoms with Crippen LogP contribution in [0.5, 0.6) is 5.88 Å². The second-order valence-electron chi connectivity index (χ2n) is 8.36. The number of hydrogen-bond acceptors (Lipinski definition) is 4. The maximum Gasteiger partial charge on any atom is 0.417 e. The van der Waals surface area contributed by atoms with E-state index in [0.29, 0.717) is 27.4 Å². The summed E-state index contributed by atoms with van der Waals surface area (Å²) in [4.78, 5) is 13.3. The van der Waals surface area contributed by atoms with E-state index in [1.807, 2.05) is 20.8 Å². The lowest BCUT2D eigenvalue weighted by atomic mass is 9.92. The van der Waals surface area contributed by atoms with Gasteiger partial charge in [-0.25, -0.2) is 4.98 Å². The van der Waals surface area contributed by atoms with E-state index in [1.54, 1.807) is 11.7 Å². The minimum atomic E-state index is -4.53. The number of benzene rings is 1. The van der Waals surface area contributed by atoms with Gasteiger partial charge in [0.05, 0.1) is 34.8 Å². The Morgan fingerprint density at radius 3 is 2.38 bits per heavy atom. The lowest BCUT2D eigenvalue weighted by Crippen LogP contribution is -2.12. The van der Waals surface area contributed by atoms with Crippen molar-refractivity contribution in [1.29, 1.82) is 0 Å². The quantitative estimate of drug-likeness (QED) is 0.394. The van der Waals surface area contributed by atoms with Gasteiger partial charge in [0.15, 0.2) is 0 Å². The lowest BCUT2D eigenvalue weighted by Gasteiger charge is -2.15. The van der Waals surface area contributed by atoms with E-state index in [9.17, 15) is 13.2 Å². The molecule has 3 aromatic heterocycles. The molecule has 0 spiro atoms. The first-order chi connectivity index (χ1) is 14.9. The maximum atomic E-state index is 13.5. The highest BCUT2D eigenvalue weighted by atomic mass is 35.5. The van der Waals surface area contributed by atoms with Gasteiger partial charge in [-0.15, -0.1) is 0 Å².